The Morgan fingerprint density at radius 1 is 1.15 bits per heavy atom. The van der Waals surface area contributed by atoms with Crippen molar-refractivity contribution in [2.45, 2.75) is 0 Å². The van der Waals surface area contributed by atoms with E-state index < -0.39 is 0 Å². The van der Waals surface area contributed by atoms with E-state index in [1.807, 2.05) is 10.8 Å². The third-order valence-corrected chi connectivity index (χ3v) is 2.39. The van der Waals surface area contributed by atoms with Crippen LogP contribution in [0.25, 0.3) is 10.9 Å². The molecule has 0 aliphatic carbocycles. The molecule has 0 radical (unpaired) electrons. The maximum atomic E-state index is 5.10. The highest BCUT2D eigenvalue weighted by molar-refractivity contribution is 7.09. The molecule has 0 aliphatic rings. The number of nitrogens with zero attached hydrogens (tertiary/aromatic N) is 2. The zero-order chi connectivity index (χ0) is 9.26. The van der Waals surface area contributed by atoms with Gasteiger partial charge in [0.2, 0.25) is 5.88 Å². The first kappa shape index (κ1) is 8.25. The van der Waals surface area contributed by atoms with Crippen LogP contribution < -0.4 is 9.47 Å². The molecule has 2 rings (SSSR count). The lowest BCUT2D eigenvalue weighted by Gasteiger charge is -2.02. The van der Waals surface area contributed by atoms with E-state index >= 15 is 0 Å². The Hall–Kier alpha value is -1.36. The molecular formula is C8H8N2O2S. The van der Waals surface area contributed by atoms with Gasteiger partial charge in [-0.2, -0.15) is 9.97 Å². The predicted octanol–water partition coefficient (Wildman–Crippen LogP) is 1.71. The molecule has 2 heterocycles. The average Bonchev–Trinajstić information content (AvgIpc) is 2.63. The summed E-state index contributed by atoms with van der Waals surface area (Å²) in [4.78, 5) is 8.22. The van der Waals surface area contributed by atoms with Crippen molar-refractivity contribution in [1.29, 1.82) is 0 Å². The van der Waals surface area contributed by atoms with Gasteiger partial charge in [-0.05, 0) is 0 Å². The summed E-state index contributed by atoms with van der Waals surface area (Å²) in [5.41, 5.74) is 0.855. The first-order valence-electron chi connectivity index (χ1n) is 3.67. The molecule has 0 saturated carbocycles. The first-order chi connectivity index (χ1) is 6.35. The van der Waals surface area contributed by atoms with Crippen molar-refractivity contribution in [1.82, 2.24) is 9.97 Å². The zero-order valence-corrected chi connectivity index (χ0v) is 8.09. The summed E-state index contributed by atoms with van der Waals surface area (Å²) in [7, 11) is 3.12. The van der Waals surface area contributed by atoms with Crippen molar-refractivity contribution in [2.75, 3.05) is 14.2 Å². The Morgan fingerprint density at radius 3 is 2.69 bits per heavy atom. The van der Waals surface area contributed by atoms with Gasteiger partial charge in [0.1, 0.15) is 0 Å². The molecule has 0 bridgehead atoms. The van der Waals surface area contributed by atoms with Gasteiger partial charge in [0.25, 0.3) is 0 Å². The summed E-state index contributed by atoms with van der Waals surface area (Å²) in [5, 5.41) is 4.81. The van der Waals surface area contributed by atoms with E-state index in [1.54, 1.807) is 18.4 Å². The van der Waals surface area contributed by atoms with Gasteiger partial charge in [-0.15, -0.1) is 11.3 Å². The largest absolute Gasteiger partial charge is 0.480 e. The van der Waals surface area contributed by atoms with Crippen molar-refractivity contribution in [3.05, 3.63) is 10.8 Å². The molecule has 0 amide bonds. The van der Waals surface area contributed by atoms with Gasteiger partial charge >= 0.3 is 6.01 Å². The van der Waals surface area contributed by atoms with Gasteiger partial charge in [-0.25, -0.2) is 0 Å². The Morgan fingerprint density at radius 2 is 2.00 bits per heavy atom. The number of fused-ring (bicyclic) bond motifs is 1. The molecule has 13 heavy (non-hydrogen) atoms. The molecule has 0 aliphatic heterocycles. The topological polar surface area (TPSA) is 44.2 Å². The number of hydrogen-bond acceptors (Lipinski definition) is 5. The third-order valence-electron chi connectivity index (χ3n) is 1.66. The van der Waals surface area contributed by atoms with Crippen LogP contribution in [0.3, 0.4) is 0 Å². The zero-order valence-electron chi connectivity index (χ0n) is 7.27. The quantitative estimate of drug-likeness (QED) is 0.733. The Bertz CT molecular complexity index is 427. The van der Waals surface area contributed by atoms with Crippen LogP contribution in [0.2, 0.25) is 0 Å². The number of rotatable bonds is 2. The second-order valence-electron chi connectivity index (χ2n) is 2.39. The fraction of sp³-hybridized carbons (Fsp3) is 0.250. The van der Waals surface area contributed by atoms with E-state index in [9.17, 15) is 0 Å². The molecular weight excluding hydrogens is 188 g/mol. The van der Waals surface area contributed by atoms with Gasteiger partial charge in [-0.1, -0.05) is 0 Å². The lowest BCUT2D eigenvalue weighted by Crippen LogP contribution is -1.95. The van der Waals surface area contributed by atoms with Crippen LogP contribution in [0.4, 0.5) is 0 Å². The second kappa shape index (κ2) is 3.18. The Kier molecular flexibility index (Phi) is 2.02. The van der Waals surface area contributed by atoms with Crippen molar-refractivity contribution in [3.8, 4) is 11.9 Å². The number of aromatic nitrogens is 2. The van der Waals surface area contributed by atoms with Gasteiger partial charge in [0, 0.05) is 10.8 Å². The fourth-order valence-electron chi connectivity index (χ4n) is 1.06. The number of ether oxygens (including phenoxy) is 2. The minimum absolute atomic E-state index is 0.336. The van der Waals surface area contributed by atoms with E-state index in [1.165, 1.54) is 7.11 Å². The summed E-state index contributed by atoms with van der Waals surface area (Å²) < 4.78 is 10.0. The second-order valence-corrected chi connectivity index (χ2v) is 3.13. The maximum Gasteiger partial charge on any atom is 0.320 e. The van der Waals surface area contributed by atoms with E-state index in [0.717, 1.165) is 10.9 Å². The maximum absolute atomic E-state index is 5.10. The van der Waals surface area contributed by atoms with Crippen molar-refractivity contribution in [2.24, 2.45) is 0 Å². The van der Waals surface area contributed by atoms with Gasteiger partial charge in [0.15, 0.2) is 0 Å². The normalized spacial score (nSPS) is 10.3. The third kappa shape index (κ3) is 1.31. The van der Waals surface area contributed by atoms with Crippen LogP contribution in [-0.2, 0) is 0 Å². The Balaban J connectivity index is 2.70. The molecule has 0 N–H and O–H groups in total. The molecule has 0 fully saturated rings. The van der Waals surface area contributed by atoms with Gasteiger partial charge in [-0.3, -0.25) is 0 Å². The van der Waals surface area contributed by atoms with Crippen molar-refractivity contribution < 1.29 is 9.47 Å². The first-order valence-corrected chi connectivity index (χ1v) is 4.61. The number of methoxy groups -OCH3 is 2. The lowest BCUT2D eigenvalue weighted by molar-refractivity contribution is 0.357. The minimum Gasteiger partial charge on any atom is -0.480 e. The molecule has 0 unspecified atom stereocenters. The molecule has 0 spiro atoms. The summed E-state index contributed by atoms with van der Waals surface area (Å²) in [5.74, 6) is 0.558. The van der Waals surface area contributed by atoms with Gasteiger partial charge in [0.05, 0.1) is 25.1 Å². The molecule has 2 aromatic rings. The summed E-state index contributed by atoms with van der Waals surface area (Å²) in [6.07, 6.45) is 0. The number of thiophene rings is 1. The molecule has 5 heteroatoms. The molecule has 2 aromatic heterocycles. The van der Waals surface area contributed by atoms with Crippen molar-refractivity contribution >= 4 is 22.2 Å². The molecule has 0 aromatic carbocycles. The summed E-state index contributed by atoms with van der Waals surface area (Å²) in [6, 6.07) is 0.336. The molecule has 4 nitrogen and oxygen atoms in total. The molecule has 0 atom stereocenters. The van der Waals surface area contributed by atoms with Gasteiger partial charge < -0.3 is 9.47 Å². The fourth-order valence-corrected chi connectivity index (χ4v) is 1.79. The highest BCUT2D eigenvalue weighted by Crippen LogP contribution is 2.27. The van der Waals surface area contributed by atoms with E-state index in [2.05, 4.69) is 9.97 Å². The van der Waals surface area contributed by atoms with Crippen LogP contribution >= 0.6 is 11.3 Å². The highest BCUT2D eigenvalue weighted by atomic mass is 32.1. The summed E-state index contributed by atoms with van der Waals surface area (Å²) in [6.45, 7) is 0. The van der Waals surface area contributed by atoms with Crippen molar-refractivity contribution in [3.63, 3.8) is 0 Å². The van der Waals surface area contributed by atoms with E-state index in [0.29, 0.717) is 11.9 Å². The highest BCUT2D eigenvalue weighted by Gasteiger charge is 2.08. The van der Waals surface area contributed by atoms with Crippen LogP contribution in [0.1, 0.15) is 0 Å². The average molecular weight is 196 g/mol. The number of hydrogen-bond donors (Lipinski definition) is 0. The molecule has 68 valence electrons. The van der Waals surface area contributed by atoms with Crippen LogP contribution in [0.15, 0.2) is 10.8 Å². The lowest BCUT2D eigenvalue weighted by atomic mass is 10.4. The monoisotopic (exact) mass is 196 g/mol. The molecule has 0 saturated heterocycles. The standard InChI is InChI=1S/C8H8N2O2S/c1-11-7-5-3-13-4-6(5)9-8(10-7)12-2/h3-4H,1-2H3. The minimum atomic E-state index is 0.336. The van der Waals surface area contributed by atoms with Crippen LogP contribution in [0, 0.1) is 0 Å². The van der Waals surface area contributed by atoms with Crippen LogP contribution in [-0.4, -0.2) is 24.2 Å². The SMILES string of the molecule is COc1nc(OC)c2cscc2n1. The van der Waals surface area contributed by atoms with Crippen LogP contribution in [0.5, 0.6) is 11.9 Å². The van der Waals surface area contributed by atoms with E-state index in [-0.39, 0.29) is 0 Å². The summed E-state index contributed by atoms with van der Waals surface area (Å²) >= 11 is 1.56. The predicted molar refractivity (Wildman–Crippen MR) is 50.5 cm³/mol. The smallest absolute Gasteiger partial charge is 0.320 e. The Labute approximate surface area is 79.1 Å². The van der Waals surface area contributed by atoms with E-state index in [4.69, 9.17) is 9.47 Å².